The van der Waals surface area contributed by atoms with Crippen LogP contribution in [0, 0.1) is 0 Å². The Morgan fingerprint density at radius 3 is 2.79 bits per heavy atom. The van der Waals surface area contributed by atoms with Crippen LogP contribution in [0.3, 0.4) is 0 Å². The Hall–Kier alpha value is -1.38. The second-order valence-electron chi connectivity index (χ2n) is 3.55. The van der Waals surface area contributed by atoms with Crippen LogP contribution in [0.25, 0.3) is 0 Å². The van der Waals surface area contributed by atoms with E-state index in [4.69, 9.17) is 0 Å². The van der Waals surface area contributed by atoms with Crippen LogP contribution in [0.4, 0.5) is 0 Å². The molecule has 1 aliphatic rings. The predicted molar refractivity (Wildman–Crippen MR) is 53.6 cm³/mol. The maximum atomic E-state index is 11.5. The minimum absolute atomic E-state index is 0.000880. The summed E-state index contributed by atoms with van der Waals surface area (Å²) in [5.41, 5.74) is 1.68. The third-order valence-corrected chi connectivity index (χ3v) is 2.73. The molecule has 3 nitrogen and oxygen atoms in total. The molecule has 1 aromatic heterocycles. The van der Waals surface area contributed by atoms with Gasteiger partial charge >= 0.3 is 0 Å². The second-order valence-corrected chi connectivity index (χ2v) is 3.55. The SMILES string of the molecule is CCn1c2c(ccc1=O)C(=O)CCC2. The van der Waals surface area contributed by atoms with Crippen LogP contribution in [0.2, 0.25) is 0 Å². The lowest BCUT2D eigenvalue weighted by Gasteiger charge is -2.18. The van der Waals surface area contributed by atoms with Crippen molar-refractivity contribution >= 4 is 5.78 Å². The number of carbonyl (C=O) groups excluding carboxylic acids is 1. The first-order chi connectivity index (χ1) is 6.74. The molecule has 0 fully saturated rings. The maximum Gasteiger partial charge on any atom is 0.250 e. The standard InChI is InChI=1S/C11H13NO2/c1-2-12-9-4-3-5-10(13)8(9)6-7-11(12)14/h6-7H,2-5H2,1H3. The van der Waals surface area contributed by atoms with E-state index in [2.05, 4.69) is 0 Å². The van der Waals surface area contributed by atoms with E-state index >= 15 is 0 Å². The van der Waals surface area contributed by atoms with Gasteiger partial charge in [0.25, 0.3) is 5.56 Å². The van der Waals surface area contributed by atoms with E-state index in [0.29, 0.717) is 13.0 Å². The molecule has 0 N–H and O–H groups in total. The molecule has 0 saturated carbocycles. The first-order valence-corrected chi connectivity index (χ1v) is 5.00. The molecule has 1 heterocycles. The molecule has 14 heavy (non-hydrogen) atoms. The van der Waals surface area contributed by atoms with Crippen molar-refractivity contribution < 1.29 is 4.79 Å². The number of aromatic nitrogens is 1. The molecule has 0 aliphatic heterocycles. The van der Waals surface area contributed by atoms with Crippen molar-refractivity contribution in [2.24, 2.45) is 0 Å². The van der Waals surface area contributed by atoms with Crippen molar-refractivity contribution in [3.63, 3.8) is 0 Å². The highest BCUT2D eigenvalue weighted by atomic mass is 16.1. The summed E-state index contributed by atoms with van der Waals surface area (Å²) in [6.07, 6.45) is 2.34. The number of nitrogens with zero attached hydrogens (tertiary/aromatic N) is 1. The van der Waals surface area contributed by atoms with Gasteiger partial charge in [-0.2, -0.15) is 0 Å². The van der Waals surface area contributed by atoms with Crippen LogP contribution in [0.15, 0.2) is 16.9 Å². The summed E-state index contributed by atoms with van der Waals surface area (Å²) in [4.78, 5) is 23.0. The first kappa shape index (κ1) is 9.19. The van der Waals surface area contributed by atoms with Gasteiger partial charge in [0.1, 0.15) is 0 Å². The van der Waals surface area contributed by atoms with Gasteiger partial charge in [-0.25, -0.2) is 0 Å². The number of hydrogen-bond donors (Lipinski definition) is 0. The fourth-order valence-electron chi connectivity index (χ4n) is 2.04. The number of Topliss-reactive ketones (excluding diaryl/α,β-unsaturated/α-hetero) is 1. The zero-order chi connectivity index (χ0) is 10.1. The Kier molecular flexibility index (Phi) is 2.23. The average molecular weight is 191 g/mol. The zero-order valence-electron chi connectivity index (χ0n) is 8.25. The zero-order valence-corrected chi connectivity index (χ0v) is 8.25. The number of pyridine rings is 1. The minimum Gasteiger partial charge on any atom is -0.312 e. The summed E-state index contributed by atoms with van der Waals surface area (Å²) < 4.78 is 1.70. The van der Waals surface area contributed by atoms with Crippen molar-refractivity contribution in [2.75, 3.05) is 0 Å². The van der Waals surface area contributed by atoms with E-state index in [1.165, 1.54) is 6.07 Å². The average Bonchev–Trinajstić information content (AvgIpc) is 2.18. The van der Waals surface area contributed by atoms with E-state index in [0.717, 1.165) is 24.1 Å². The van der Waals surface area contributed by atoms with Crippen molar-refractivity contribution in [3.8, 4) is 0 Å². The molecular formula is C11H13NO2. The second kappa shape index (κ2) is 3.40. The van der Waals surface area contributed by atoms with E-state index in [-0.39, 0.29) is 11.3 Å². The molecule has 2 rings (SSSR count). The van der Waals surface area contributed by atoms with Crippen molar-refractivity contribution in [3.05, 3.63) is 33.7 Å². The van der Waals surface area contributed by atoms with Crippen LogP contribution < -0.4 is 5.56 Å². The lowest BCUT2D eigenvalue weighted by molar-refractivity contribution is 0.0970. The van der Waals surface area contributed by atoms with E-state index < -0.39 is 0 Å². The highest BCUT2D eigenvalue weighted by Gasteiger charge is 2.19. The van der Waals surface area contributed by atoms with Gasteiger partial charge < -0.3 is 4.57 Å². The monoisotopic (exact) mass is 191 g/mol. The smallest absolute Gasteiger partial charge is 0.250 e. The molecule has 0 unspecified atom stereocenters. The van der Waals surface area contributed by atoms with Crippen molar-refractivity contribution in [1.82, 2.24) is 4.57 Å². The van der Waals surface area contributed by atoms with Gasteiger partial charge in [0.15, 0.2) is 5.78 Å². The van der Waals surface area contributed by atoms with E-state index in [9.17, 15) is 9.59 Å². The topological polar surface area (TPSA) is 39.1 Å². The van der Waals surface area contributed by atoms with Gasteiger partial charge in [-0.3, -0.25) is 9.59 Å². The Bertz CT molecular complexity index is 431. The van der Waals surface area contributed by atoms with Gasteiger partial charge in [0.2, 0.25) is 0 Å². The van der Waals surface area contributed by atoms with Crippen LogP contribution in [0.1, 0.15) is 35.8 Å². The normalized spacial score (nSPS) is 15.4. The van der Waals surface area contributed by atoms with Gasteiger partial charge in [-0.05, 0) is 25.8 Å². The summed E-state index contributed by atoms with van der Waals surface area (Å²) in [5.74, 6) is 0.174. The third kappa shape index (κ3) is 1.29. The largest absolute Gasteiger partial charge is 0.312 e. The molecule has 0 spiro atoms. The molecule has 0 atom stereocenters. The quantitative estimate of drug-likeness (QED) is 0.672. The van der Waals surface area contributed by atoms with E-state index in [1.54, 1.807) is 10.6 Å². The molecule has 74 valence electrons. The highest BCUT2D eigenvalue weighted by molar-refractivity contribution is 5.97. The predicted octanol–water partition coefficient (Wildman–Crippen LogP) is 1.39. The molecule has 1 aliphatic carbocycles. The van der Waals surface area contributed by atoms with Crippen LogP contribution in [0.5, 0.6) is 0 Å². The number of hydrogen-bond acceptors (Lipinski definition) is 2. The summed E-state index contributed by atoms with van der Waals surface area (Å²) >= 11 is 0. The van der Waals surface area contributed by atoms with Gasteiger partial charge in [-0.15, -0.1) is 0 Å². The first-order valence-electron chi connectivity index (χ1n) is 5.00. The number of fused-ring (bicyclic) bond motifs is 1. The summed E-state index contributed by atoms with van der Waals surface area (Å²) in [6.45, 7) is 2.58. The van der Waals surface area contributed by atoms with Crippen LogP contribution in [-0.4, -0.2) is 10.4 Å². The molecule has 3 heteroatoms. The Balaban J connectivity index is 2.67. The number of carbonyl (C=O) groups is 1. The summed E-state index contributed by atoms with van der Waals surface area (Å²) in [7, 11) is 0. The molecule has 0 bridgehead atoms. The molecular weight excluding hydrogens is 178 g/mol. The lowest BCUT2D eigenvalue weighted by Crippen LogP contribution is -2.27. The molecule has 1 aromatic rings. The summed E-state index contributed by atoms with van der Waals surface area (Å²) in [6, 6.07) is 3.16. The fraction of sp³-hybridized carbons (Fsp3) is 0.455. The lowest BCUT2D eigenvalue weighted by atomic mass is 9.94. The number of rotatable bonds is 1. The maximum absolute atomic E-state index is 11.5. The van der Waals surface area contributed by atoms with Gasteiger partial charge in [-0.1, -0.05) is 0 Å². The van der Waals surface area contributed by atoms with E-state index in [1.807, 2.05) is 6.92 Å². The Morgan fingerprint density at radius 1 is 1.29 bits per heavy atom. The van der Waals surface area contributed by atoms with Crippen LogP contribution >= 0.6 is 0 Å². The highest BCUT2D eigenvalue weighted by Crippen LogP contribution is 2.19. The molecule has 0 saturated heterocycles. The third-order valence-electron chi connectivity index (χ3n) is 2.73. The van der Waals surface area contributed by atoms with Gasteiger partial charge in [0, 0.05) is 30.3 Å². The van der Waals surface area contributed by atoms with Crippen molar-refractivity contribution in [1.29, 1.82) is 0 Å². The molecule has 0 radical (unpaired) electrons. The van der Waals surface area contributed by atoms with Gasteiger partial charge in [0.05, 0.1) is 0 Å². The number of ketones is 1. The molecule has 0 amide bonds. The minimum atomic E-state index is 0.000880. The Labute approximate surface area is 82.4 Å². The summed E-state index contributed by atoms with van der Waals surface area (Å²) in [5, 5.41) is 0. The fourth-order valence-corrected chi connectivity index (χ4v) is 2.04. The van der Waals surface area contributed by atoms with Crippen LogP contribution in [-0.2, 0) is 13.0 Å². The molecule has 0 aromatic carbocycles. The Morgan fingerprint density at radius 2 is 2.07 bits per heavy atom. The van der Waals surface area contributed by atoms with Crippen molar-refractivity contribution in [2.45, 2.75) is 32.7 Å².